The number of carbonyl (C=O) groups excluding carboxylic acids is 1. The number of amides is 1. The number of aryl methyl sites for hydroxylation is 3. The van der Waals surface area contributed by atoms with Crippen molar-refractivity contribution < 1.29 is 9.32 Å². The highest BCUT2D eigenvalue weighted by Crippen LogP contribution is 2.20. The van der Waals surface area contributed by atoms with Crippen LogP contribution in [0.4, 0.5) is 0 Å². The van der Waals surface area contributed by atoms with Crippen molar-refractivity contribution in [3.8, 4) is 5.82 Å². The van der Waals surface area contributed by atoms with Crippen molar-refractivity contribution in [1.82, 2.24) is 15.0 Å². The van der Waals surface area contributed by atoms with Gasteiger partial charge in [0.2, 0.25) is 0 Å². The summed E-state index contributed by atoms with van der Waals surface area (Å²) in [6.45, 7) is 8.26. The molecule has 0 atom stereocenters. The number of hydrogen-bond acceptors (Lipinski definition) is 3. The first-order valence-electron chi connectivity index (χ1n) is 7.92. The van der Waals surface area contributed by atoms with Gasteiger partial charge in [-0.1, -0.05) is 35.0 Å². The van der Waals surface area contributed by atoms with Crippen molar-refractivity contribution in [3.63, 3.8) is 0 Å². The Labute approximate surface area is 141 Å². The zero-order valence-corrected chi connectivity index (χ0v) is 14.4. The zero-order chi connectivity index (χ0) is 17.3. The summed E-state index contributed by atoms with van der Waals surface area (Å²) >= 11 is 0. The lowest BCUT2D eigenvalue weighted by Gasteiger charge is -2.07. The van der Waals surface area contributed by atoms with Crippen molar-refractivity contribution in [2.24, 2.45) is 0 Å². The first kappa shape index (κ1) is 16.1. The van der Waals surface area contributed by atoms with E-state index in [1.165, 1.54) is 5.56 Å². The lowest BCUT2D eigenvalue weighted by molar-refractivity contribution is 0.0950. The summed E-state index contributed by atoms with van der Waals surface area (Å²) in [6, 6.07) is 11.9. The Kier molecular flexibility index (Phi) is 4.25. The number of carbonyl (C=O) groups is 1. The van der Waals surface area contributed by atoms with Crippen molar-refractivity contribution >= 4 is 5.91 Å². The predicted molar refractivity (Wildman–Crippen MR) is 92.4 cm³/mol. The fourth-order valence-corrected chi connectivity index (χ4v) is 2.79. The molecular weight excluding hydrogens is 302 g/mol. The predicted octanol–water partition coefficient (Wildman–Crippen LogP) is 3.63. The quantitative estimate of drug-likeness (QED) is 0.797. The van der Waals surface area contributed by atoms with Crippen LogP contribution in [-0.2, 0) is 6.54 Å². The molecule has 2 heterocycles. The minimum Gasteiger partial charge on any atom is -0.360 e. The molecule has 2 aromatic heterocycles. The molecular formula is C19H21N3O2. The average Bonchev–Trinajstić information content (AvgIpc) is 3.09. The van der Waals surface area contributed by atoms with E-state index in [0.29, 0.717) is 17.9 Å². The van der Waals surface area contributed by atoms with E-state index in [1.807, 2.05) is 68.7 Å². The molecule has 0 spiro atoms. The lowest BCUT2D eigenvalue weighted by atomic mass is 10.1. The Hall–Kier alpha value is -2.82. The van der Waals surface area contributed by atoms with Crippen LogP contribution in [0.1, 0.15) is 38.6 Å². The van der Waals surface area contributed by atoms with Gasteiger partial charge in [0.05, 0.1) is 5.56 Å². The van der Waals surface area contributed by atoms with E-state index in [9.17, 15) is 4.79 Å². The monoisotopic (exact) mass is 323 g/mol. The molecule has 1 aromatic carbocycles. The highest BCUT2D eigenvalue weighted by molar-refractivity contribution is 5.95. The molecule has 0 saturated heterocycles. The number of hydrogen-bond donors (Lipinski definition) is 1. The van der Waals surface area contributed by atoms with Crippen LogP contribution in [0.2, 0.25) is 0 Å². The highest BCUT2D eigenvalue weighted by Gasteiger charge is 2.18. The molecule has 0 aliphatic rings. The van der Waals surface area contributed by atoms with E-state index in [1.54, 1.807) is 0 Å². The van der Waals surface area contributed by atoms with Gasteiger partial charge in [-0.05, 0) is 39.3 Å². The van der Waals surface area contributed by atoms with Crippen LogP contribution in [0.3, 0.4) is 0 Å². The standard InChI is InChI=1S/C19H21N3O2/c1-12-5-7-16(8-6-12)11-20-19(23)17-9-13(2)22(15(17)4)18-10-14(3)24-21-18/h5-10H,11H2,1-4H3,(H,20,23). The Morgan fingerprint density at radius 1 is 1.12 bits per heavy atom. The first-order valence-corrected chi connectivity index (χ1v) is 7.92. The average molecular weight is 323 g/mol. The molecule has 3 rings (SSSR count). The van der Waals surface area contributed by atoms with Crippen LogP contribution < -0.4 is 5.32 Å². The summed E-state index contributed by atoms with van der Waals surface area (Å²) in [6.07, 6.45) is 0. The van der Waals surface area contributed by atoms with Gasteiger partial charge in [-0.3, -0.25) is 9.36 Å². The Bertz CT molecular complexity index is 873. The third-order valence-electron chi connectivity index (χ3n) is 4.09. The second-order valence-electron chi connectivity index (χ2n) is 6.08. The fourth-order valence-electron chi connectivity index (χ4n) is 2.79. The topological polar surface area (TPSA) is 60.1 Å². The summed E-state index contributed by atoms with van der Waals surface area (Å²) in [7, 11) is 0. The molecule has 5 heteroatoms. The Balaban J connectivity index is 1.79. The number of benzene rings is 1. The molecule has 0 aliphatic heterocycles. The second kappa shape index (κ2) is 6.35. The highest BCUT2D eigenvalue weighted by atomic mass is 16.5. The van der Waals surface area contributed by atoms with Crippen LogP contribution in [-0.4, -0.2) is 15.6 Å². The van der Waals surface area contributed by atoms with E-state index in [4.69, 9.17) is 4.52 Å². The van der Waals surface area contributed by atoms with Gasteiger partial charge >= 0.3 is 0 Å². The number of nitrogens with zero attached hydrogens (tertiary/aromatic N) is 2. The molecule has 0 aliphatic carbocycles. The van der Waals surface area contributed by atoms with Crippen molar-refractivity contribution in [2.75, 3.05) is 0 Å². The second-order valence-corrected chi connectivity index (χ2v) is 6.08. The number of aromatic nitrogens is 2. The molecule has 3 aromatic rings. The maximum atomic E-state index is 12.5. The van der Waals surface area contributed by atoms with Gasteiger partial charge in [0.15, 0.2) is 5.82 Å². The molecule has 0 fully saturated rings. The SMILES string of the molecule is Cc1ccc(CNC(=O)c2cc(C)n(-c3cc(C)on3)c2C)cc1. The molecule has 1 N–H and O–H groups in total. The summed E-state index contributed by atoms with van der Waals surface area (Å²) in [4.78, 5) is 12.5. The maximum Gasteiger partial charge on any atom is 0.253 e. The van der Waals surface area contributed by atoms with E-state index < -0.39 is 0 Å². The van der Waals surface area contributed by atoms with Gasteiger partial charge in [-0.2, -0.15) is 0 Å². The largest absolute Gasteiger partial charge is 0.360 e. The first-order chi connectivity index (χ1) is 11.5. The normalized spacial score (nSPS) is 10.8. The van der Waals surface area contributed by atoms with Gasteiger partial charge in [0.25, 0.3) is 5.91 Å². The summed E-state index contributed by atoms with van der Waals surface area (Å²) in [5, 5.41) is 7.02. The van der Waals surface area contributed by atoms with Gasteiger partial charge < -0.3 is 9.84 Å². The van der Waals surface area contributed by atoms with Crippen LogP contribution in [0, 0.1) is 27.7 Å². The van der Waals surface area contributed by atoms with Gasteiger partial charge in [0, 0.05) is 24.0 Å². The fraction of sp³-hybridized carbons (Fsp3) is 0.263. The smallest absolute Gasteiger partial charge is 0.253 e. The summed E-state index contributed by atoms with van der Waals surface area (Å²) in [5.41, 5.74) is 4.73. The number of nitrogens with one attached hydrogen (secondary N) is 1. The van der Waals surface area contributed by atoms with Crippen molar-refractivity contribution in [2.45, 2.75) is 34.2 Å². The molecule has 124 valence electrons. The van der Waals surface area contributed by atoms with Gasteiger partial charge in [-0.25, -0.2) is 0 Å². The summed E-state index contributed by atoms with van der Waals surface area (Å²) in [5.74, 6) is 1.35. The van der Waals surface area contributed by atoms with Crippen molar-refractivity contribution in [1.29, 1.82) is 0 Å². The lowest BCUT2D eigenvalue weighted by Crippen LogP contribution is -2.23. The minimum atomic E-state index is -0.0878. The van der Waals surface area contributed by atoms with Gasteiger partial charge in [0.1, 0.15) is 5.76 Å². The van der Waals surface area contributed by atoms with Crippen LogP contribution >= 0.6 is 0 Å². The summed E-state index contributed by atoms with van der Waals surface area (Å²) < 4.78 is 7.07. The molecule has 24 heavy (non-hydrogen) atoms. The van der Waals surface area contributed by atoms with E-state index in [-0.39, 0.29) is 5.91 Å². The molecule has 5 nitrogen and oxygen atoms in total. The van der Waals surface area contributed by atoms with Gasteiger partial charge in [-0.15, -0.1) is 0 Å². The molecule has 0 unspecified atom stereocenters. The van der Waals surface area contributed by atoms with E-state index in [0.717, 1.165) is 22.7 Å². The van der Waals surface area contributed by atoms with Crippen LogP contribution in [0.5, 0.6) is 0 Å². The van der Waals surface area contributed by atoms with Crippen molar-refractivity contribution in [3.05, 3.63) is 70.2 Å². The number of rotatable bonds is 4. The Morgan fingerprint density at radius 3 is 2.46 bits per heavy atom. The minimum absolute atomic E-state index is 0.0878. The van der Waals surface area contributed by atoms with Crippen LogP contribution in [0.25, 0.3) is 5.82 Å². The molecule has 1 amide bonds. The van der Waals surface area contributed by atoms with Crippen LogP contribution in [0.15, 0.2) is 40.9 Å². The van der Waals surface area contributed by atoms with E-state index in [2.05, 4.69) is 10.5 Å². The third-order valence-corrected chi connectivity index (χ3v) is 4.09. The third kappa shape index (κ3) is 3.11. The Morgan fingerprint density at radius 2 is 1.83 bits per heavy atom. The van der Waals surface area contributed by atoms with E-state index >= 15 is 0 Å². The molecule has 0 bridgehead atoms. The zero-order valence-electron chi connectivity index (χ0n) is 14.4. The maximum absolute atomic E-state index is 12.5. The molecule has 0 radical (unpaired) electrons. The molecule has 0 saturated carbocycles.